The molecule has 0 unspecified atom stereocenters. The minimum Gasteiger partial charge on any atom is -0.357 e. The van der Waals surface area contributed by atoms with Crippen molar-refractivity contribution in [3.8, 4) is 0 Å². The van der Waals surface area contributed by atoms with E-state index in [0.29, 0.717) is 19.6 Å². The van der Waals surface area contributed by atoms with Gasteiger partial charge in [0.15, 0.2) is 15.8 Å². The largest absolute Gasteiger partial charge is 0.357 e. The summed E-state index contributed by atoms with van der Waals surface area (Å²) < 4.78 is 22.9. The molecule has 138 valence electrons. The molecular weight excluding hydrogens is 324 g/mol. The molecule has 0 spiro atoms. The van der Waals surface area contributed by atoms with Crippen molar-refractivity contribution in [3.63, 3.8) is 0 Å². The summed E-state index contributed by atoms with van der Waals surface area (Å²) in [6.45, 7) is 6.60. The van der Waals surface area contributed by atoms with Gasteiger partial charge in [0.25, 0.3) is 0 Å². The fourth-order valence-corrected chi connectivity index (χ4v) is 4.37. The second kappa shape index (κ2) is 10.0. The number of hydrogen-bond donors (Lipinski definition) is 2. The lowest BCUT2D eigenvalue weighted by Gasteiger charge is -2.25. The molecular formula is C17H32N4O2S. The highest BCUT2D eigenvalue weighted by Gasteiger charge is 2.20. The molecule has 0 bridgehead atoms. The maximum atomic E-state index is 11.4. The van der Waals surface area contributed by atoms with Gasteiger partial charge in [-0.05, 0) is 39.0 Å². The van der Waals surface area contributed by atoms with Crippen molar-refractivity contribution in [2.75, 3.05) is 50.8 Å². The van der Waals surface area contributed by atoms with Gasteiger partial charge in [-0.1, -0.05) is 11.6 Å². The van der Waals surface area contributed by atoms with E-state index in [-0.39, 0.29) is 11.5 Å². The number of nitrogens with one attached hydrogen (secondary N) is 2. The van der Waals surface area contributed by atoms with Gasteiger partial charge in [-0.15, -0.1) is 0 Å². The first-order valence-electron chi connectivity index (χ1n) is 9.22. The molecule has 0 atom stereocenters. The molecule has 1 heterocycles. The van der Waals surface area contributed by atoms with E-state index in [1.165, 1.54) is 25.7 Å². The Bertz CT molecular complexity index is 529. The molecule has 7 heteroatoms. The second-order valence-corrected chi connectivity index (χ2v) is 8.84. The number of allylic oxidation sites excluding steroid dienone is 1. The summed E-state index contributed by atoms with van der Waals surface area (Å²) in [5.41, 5.74) is 1.57. The average Bonchev–Trinajstić information content (AvgIpc) is 2.57. The van der Waals surface area contributed by atoms with Gasteiger partial charge in [0, 0.05) is 32.7 Å². The van der Waals surface area contributed by atoms with Crippen LogP contribution in [0.1, 0.15) is 39.0 Å². The van der Waals surface area contributed by atoms with E-state index in [4.69, 9.17) is 0 Å². The lowest BCUT2D eigenvalue weighted by Crippen LogP contribution is -2.42. The summed E-state index contributed by atoms with van der Waals surface area (Å²) in [5, 5.41) is 6.68. The Morgan fingerprint density at radius 3 is 2.71 bits per heavy atom. The predicted molar refractivity (Wildman–Crippen MR) is 100 cm³/mol. The standard InChI is InChI=1S/C17H32N4O2S/c1-2-18-17(19-9-8-16-6-4-3-5-7-16)20-10-11-21-12-14-24(22,23)15-13-21/h6H,2-5,7-15H2,1H3,(H2,18,19,20). The Morgan fingerprint density at radius 1 is 1.25 bits per heavy atom. The number of sulfone groups is 1. The van der Waals surface area contributed by atoms with E-state index < -0.39 is 9.84 Å². The van der Waals surface area contributed by atoms with Gasteiger partial charge in [-0.25, -0.2) is 8.42 Å². The zero-order valence-corrected chi connectivity index (χ0v) is 15.7. The van der Waals surface area contributed by atoms with Gasteiger partial charge >= 0.3 is 0 Å². The normalized spacial score (nSPS) is 22.0. The maximum Gasteiger partial charge on any atom is 0.191 e. The first-order valence-corrected chi connectivity index (χ1v) is 11.0. The van der Waals surface area contributed by atoms with Crippen molar-refractivity contribution in [1.82, 2.24) is 15.5 Å². The number of nitrogens with zero attached hydrogens (tertiary/aromatic N) is 2. The number of guanidine groups is 1. The molecule has 1 aliphatic heterocycles. The molecule has 0 aromatic rings. The number of rotatable bonds is 7. The molecule has 1 saturated heterocycles. The van der Waals surface area contributed by atoms with Crippen LogP contribution in [0.5, 0.6) is 0 Å². The second-order valence-electron chi connectivity index (χ2n) is 6.54. The Kier molecular flexibility index (Phi) is 8.05. The third-order valence-corrected chi connectivity index (χ3v) is 6.20. The molecule has 6 nitrogen and oxygen atoms in total. The van der Waals surface area contributed by atoms with Gasteiger partial charge in [-0.2, -0.15) is 0 Å². The van der Waals surface area contributed by atoms with Crippen molar-refractivity contribution in [1.29, 1.82) is 0 Å². The van der Waals surface area contributed by atoms with Crippen LogP contribution < -0.4 is 10.6 Å². The maximum absolute atomic E-state index is 11.4. The fourth-order valence-electron chi connectivity index (χ4n) is 3.09. The molecule has 0 aromatic carbocycles. The highest BCUT2D eigenvalue weighted by molar-refractivity contribution is 7.91. The van der Waals surface area contributed by atoms with E-state index in [2.05, 4.69) is 33.5 Å². The van der Waals surface area contributed by atoms with E-state index in [1.807, 2.05) is 0 Å². The average molecular weight is 357 g/mol. The van der Waals surface area contributed by atoms with Gasteiger partial charge < -0.3 is 10.6 Å². The Balaban J connectivity index is 1.69. The Hall–Kier alpha value is -1.08. The highest BCUT2D eigenvalue weighted by atomic mass is 32.2. The molecule has 0 amide bonds. The molecule has 2 aliphatic rings. The summed E-state index contributed by atoms with van der Waals surface area (Å²) in [6.07, 6.45) is 8.61. The Labute approximate surface area is 146 Å². The Morgan fingerprint density at radius 2 is 2.04 bits per heavy atom. The fraction of sp³-hybridized carbons (Fsp3) is 0.824. The van der Waals surface area contributed by atoms with E-state index in [9.17, 15) is 8.42 Å². The monoisotopic (exact) mass is 356 g/mol. The van der Waals surface area contributed by atoms with Crippen molar-refractivity contribution >= 4 is 15.8 Å². The molecule has 0 aromatic heterocycles. The number of aliphatic imine (C=N–C) groups is 1. The first kappa shape index (κ1) is 19.2. The number of hydrogen-bond acceptors (Lipinski definition) is 4. The van der Waals surface area contributed by atoms with Crippen LogP contribution in [0.4, 0.5) is 0 Å². The summed E-state index contributed by atoms with van der Waals surface area (Å²) in [5.74, 6) is 1.42. The zero-order chi connectivity index (χ0) is 17.3. The minimum absolute atomic E-state index is 0.282. The van der Waals surface area contributed by atoms with E-state index in [0.717, 1.165) is 32.0 Å². The van der Waals surface area contributed by atoms with Gasteiger partial charge in [-0.3, -0.25) is 9.89 Å². The molecule has 0 radical (unpaired) electrons. The van der Waals surface area contributed by atoms with Crippen molar-refractivity contribution < 1.29 is 8.42 Å². The first-order chi connectivity index (χ1) is 11.6. The van der Waals surface area contributed by atoms with Gasteiger partial charge in [0.1, 0.15) is 0 Å². The van der Waals surface area contributed by atoms with Crippen LogP contribution in [0, 0.1) is 0 Å². The van der Waals surface area contributed by atoms with Crippen LogP contribution in [-0.2, 0) is 9.84 Å². The summed E-state index contributed by atoms with van der Waals surface area (Å²) in [6, 6.07) is 0. The van der Waals surface area contributed by atoms with Crippen LogP contribution >= 0.6 is 0 Å². The van der Waals surface area contributed by atoms with Crippen LogP contribution in [0.15, 0.2) is 16.6 Å². The van der Waals surface area contributed by atoms with Crippen molar-refractivity contribution in [3.05, 3.63) is 11.6 Å². The summed E-state index contributed by atoms with van der Waals surface area (Å²) >= 11 is 0. The smallest absolute Gasteiger partial charge is 0.191 e. The molecule has 2 N–H and O–H groups in total. The van der Waals surface area contributed by atoms with Crippen LogP contribution in [-0.4, -0.2) is 70.1 Å². The molecule has 24 heavy (non-hydrogen) atoms. The van der Waals surface area contributed by atoms with Crippen molar-refractivity contribution in [2.24, 2.45) is 4.99 Å². The van der Waals surface area contributed by atoms with E-state index >= 15 is 0 Å². The third kappa shape index (κ3) is 7.21. The quantitative estimate of drug-likeness (QED) is 0.407. The lowest BCUT2D eigenvalue weighted by atomic mass is 9.97. The van der Waals surface area contributed by atoms with Crippen LogP contribution in [0.3, 0.4) is 0 Å². The highest BCUT2D eigenvalue weighted by Crippen LogP contribution is 2.19. The zero-order valence-electron chi connectivity index (χ0n) is 14.9. The van der Waals surface area contributed by atoms with Gasteiger partial charge in [0.05, 0.1) is 18.1 Å². The minimum atomic E-state index is -2.80. The summed E-state index contributed by atoms with van der Waals surface area (Å²) in [7, 11) is -2.80. The SMILES string of the molecule is CCNC(=NCCN1CCS(=O)(=O)CC1)NCCC1=CCCCC1. The van der Waals surface area contributed by atoms with Crippen LogP contribution in [0.25, 0.3) is 0 Å². The molecule has 2 rings (SSSR count). The van der Waals surface area contributed by atoms with E-state index in [1.54, 1.807) is 5.57 Å². The molecule has 0 saturated carbocycles. The summed E-state index contributed by atoms with van der Waals surface area (Å²) in [4.78, 5) is 6.79. The molecule has 1 aliphatic carbocycles. The van der Waals surface area contributed by atoms with Crippen molar-refractivity contribution in [2.45, 2.75) is 39.0 Å². The third-order valence-electron chi connectivity index (χ3n) is 4.59. The predicted octanol–water partition coefficient (Wildman–Crippen LogP) is 1.16. The topological polar surface area (TPSA) is 73.8 Å². The van der Waals surface area contributed by atoms with Gasteiger partial charge in [0.2, 0.25) is 0 Å². The van der Waals surface area contributed by atoms with Crippen LogP contribution in [0.2, 0.25) is 0 Å². The molecule has 1 fully saturated rings. The lowest BCUT2D eigenvalue weighted by molar-refractivity contribution is 0.304.